The molecule has 0 saturated carbocycles. The van der Waals surface area contributed by atoms with Crippen LogP contribution in [0.15, 0.2) is 30.7 Å². The van der Waals surface area contributed by atoms with E-state index in [0.717, 1.165) is 57.1 Å². The first-order chi connectivity index (χ1) is 12.3. The van der Waals surface area contributed by atoms with Gasteiger partial charge in [0.05, 0.1) is 5.56 Å². The molecule has 1 unspecified atom stereocenters. The molecule has 0 bridgehead atoms. The molecule has 0 aliphatic carbocycles. The molecule has 2 aromatic heterocycles. The summed E-state index contributed by atoms with van der Waals surface area (Å²) in [4.78, 5) is 12.8. The van der Waals surface area contributed by atoms with Crippen molar-refractivity contribution in [2.24, 2.45) is 0 Å². The van der Waals surface area contributed by atoms with E-state index in [1.54, 1.807) is 0 Å². The molecule has 26 heavy (non-hydrogen) atoms. The molecule has 3 rings (SSSR count). The Morgan fingerprint density at radius 3 is 2.69 bits per heavy atom. The van der Waals surface area contributed by atoms with Crippen molar-refractivity contribution in [3.05, 3.63) is 42.1 Å². The maximum Gasteiger partial charge on any atom is 0.417 e. The molecule has 0 spiro atoms. The zero-order valence-electron chi connectivity index (χ0n) is 15.1. The molecule has 142 valence electrons. The normalized spacial score (nSPS) is 18.5. The van der Waals surface area contributed by atoms with Crippen LogP contribution in [0.4, 0.5) is 19.0 Å². The molecule has 3 heterocycles. The van der Waals surface area contributed by atoms with Gasteiger partial charge in [0.25, 0.3) is 0 Å². The lowest BCUT2D eigenvalue weighted by Gasteiger charge is -2.33. The van der Waals surface area contributed by atoms with E-state index < -0.39 is 11.7 Å². The fourth-order valence-electron chi connectivity index (χ4n) is 3.31. The van der Waals surface area contributed by atoms with E-state index in [4.69, 9.17) is 0 Å². The second-order valence-electron chi connectivity index (χ2n) is 6.97. The highest BCUT2D eigenvalue weighted by molar-refractivity contribution is 5.41. The third kappa shape index (κ3) is 4.35. The molecule has 1 aliphatic heterocycles. The van der Waals surface area contributed by atoms with Crippen LogP contribution in [-0.2, 0) is 12.7 Å². The van der Waals surface area contributed by atoms with Crippen LogP contribution in [0.5, 0.6) is 0 Å². The monoisotopic (exact) mass is 367 g/mol. The first kappa shape index (κ1) is 18.7. The highest BCUT2D eigenvalue weighted by atomic mass is 19.4. The highest BCUT2D eigenvalue weighted by Gasteiger charge is 2.31. The number of hydrogen-bond donors (Lipinski definition) is 0. The second-order valence-corrected chi connectivity index (χ2v) is 6.97. The van der Waals surface area contributed by atoms with E-state index in [0.29, 0.717) is 5.82 Å². The summed E-state index contributed by atoms with van der Waals surface area (Å²) in [5.74, 6) is 1.89. The molecule has 2 aromatic rings. The van der Waals surface area contributed by atoms with Gasteiger partial charge in [0, 0.05) is 50.7 Å². The van der Waals surface area contributed by atoms with Gasteiger partial charge in [-0.25, -0.2) is 9.97 Å². The van der Waals surface area contributed by atoms with Crippen molar-refractivity contribution in [3.8, 4) is 0 Å². The van der Waals surface area contributed by atoms with E-state index in [2.05, 4.69) is 24.3 Å². The SMILES string of the molecule is CN(C)CCn1ccnc1C1CCCN(c2ccc(C(F)(F)F)cn2)C1. The first-order valence-corrected chi connectivity index (χ1v) is 8.78. The first-order valence-electron chi connectivity index (χ1n) is 8.78. The van der Waals surface area contributed by atoms with Gasteiger partial charge >= 0.3 is 6.18 Å². The Labute approximate surface area is 151 Å². The van der Waals surface area contributed by atoms with Crippen molar-refractivity contribution in [1.29, 1.82) is 0 Å². The van der Waals surface area contributed by atoms with Gasteiger partial charge in [0.1, 0.15) is 11.6 Å². The summed E-state index contributed by atoms with van der Waals surface area (Å²) in [6.07, 6.45) is 2.36. The summed E-state index contributed by atoms with van der Waals surface area (Å²) >= 11 is 0. The highest BCUT2D eigenvalue weighted by Crippen LogP contribution is 2.31. The summed E-state index contributed by atoms with van der Waals surface area (Å²) in [6.45, 7) is 3.32. The Bertz CT molecular complexity index is 708. The van der Waals surface area contributed by atoms with Crippen LogP contribution in [-0.4, -0.2) is 53.2 Å². The average Bonchev–Trinajstić information content (AvgIpc) is 3.08. The minimum absolute atomic E-state index is 0.255. The number of anilines is 1. The van der Waals surface area contributed by atoms with Gasteiger partial charge in [-0.05, 0) is 39.1 Å². The molecule has 1 aliphatic rings. The minimum Gasteiger partial charge on any atom is -0.356 e. The van der Waals surface area contributed by atoms with Crippen LogP contribution >= 0.6 is 0 Å². The van der Waals surface area contributed by atoms with Gasteiger partial charge in [-0.15, -0.1) is 0 Å². The van der Waals surface area contributed by atoms with Gasteiger partial charge in [-0.3, -0.25) is 0 Å². The predicted molar refractivity (Wildman–Crippen MR) is 94.2 cm³/mol. The molecule has 0 amide bonds. The van der Waals surface area contributed by atoms with Crippen molar-refractivity contribution in [2.75, 3.05) is 38.6 Å². The van der Waals surface area contributed by atoms with E-state index in [-0.39, 0.29) is 5.92 Å². The molecular formula is C18H24F3N5. The fraction of sp³-hybridized carbons (Fsp3) is 0.556. The topological polar surface area (TPSA) is 37.2 Å². The Balaban J connectivity index is 1.71. The predicted octanol–water partition coefficient (Wildman–Crippen LogP) is 3.24. The van der Waals surface area contributed by atoms with Crippen LogP contribution in [0.3, 0.4) is 0 Å². The largest absolute Gasteiger partial charge is 0.417 e. The van der Waals surface area contributed by atoms with E-state index >= 15 is 0 Å². The summed E-state index contributed by atoms with van der Waals surface area (Å²) < 4.78 is 40.3. The fourth-order valence-corrected chi connectivity index (χ4v) is 3.31. The molecule has 0 N–H and O–H groups in total. The van der Waals surface area contributed by atoms with Crippen molar-refractivity contribution < 1.29 is 13.2 Å². The number of hydrogen-bond acceptors (Lipinski definition) is 4. The quantitative estimate of drug-likeness (QED) is 0.813. The van der Waals surface area contributed by atoms with Crippen LogP contribution in [0, 0.1) is 0 Å². The Morgan fingerprint density at radius 2 is 2.04 bits per heavy atom. The van der Waals surface area contributed by atoms with Crippen molar-refractivity contribution >= 4 is 5.82 Å². The van der Waals surface area contributed by atoms with Gasteiger partial charge in [0.2, 0.25) is 0 Å². The van der Waals surface area contributed by atoms with Gasteiger partial charge < -0.3 is 14.4 Å². The maximum absolute atomic E-state index is 12.7. The number of imidazole rings is 1. The summed E-state index contributed by atoms with van der Waals surface area (Å²) in [5, 5.41) is 0. The second kappa shape index (κ2) is 7.65. The van der Waals surface area contributed by atoms with Crippen LogP contribution in [0.25, 0.3) is 0 Å². The number of rotatable bonds is 5. The van der Waals surface area contributed by atoms with Crippen molar-refractivity contribution in [1.82, 2.24) is 19.4 Å². The Kier molecular flexibility index (Phi) is 5.50. The summed E-state index contributed by atoms with van der Waals surface area (Å²) in [7, 11) is 4.07. The van der Waals surface area contributed by atoms with E-state index in [1.165, 1.54) is 6.07 Å². The lowest BCUT2D eigenvalue weighted by Crippen LogP contribution is -2.36. The van der Waals surface area contributed by atoms with Crippen LogP contribution in [0.1, 0.15) is 30.1 Å². The number of likely N-dealkylation sites (N-methyl/N-ethyl adjacent to an activating group) is 1. The number of pyridine rings is 1. The van der Waals surface area contributed by atoms with Gasteiger partial charge in [0.15, 0.2) is 0 Å². The number of piperidine rings is 1. The zero-order chi connectivity index (χ0) is 18.7. The van der Waals surface area contributed by atoms with Crippen molar-refractivity contribution in [3.63, 3.8) is 0 Å². The zero-order valence-corrected chi connectivity index (χ0v) is 15.1. The lowest BCUT2D eigenvalue weighted by atomic mass is 9.97. The smallest absolute Gasteiger partial charge is 0.356 e. The van der Waals surface area contributed by atoms with E-state index in [1.807, 2.05) is 26.5 Å². The molecule has 8 heteroatoms. The number of nitrogens with zero attached hydrogens (tertiary/aromatic N) is 5. The number of halogens is 3. The molecule has 1 fully saturated rings. The molecule has 0 radical (unpaired) electrons. The molecule has 5 nitrogen and oxygen atoms in total. The average molecular weight is 367 g/mol. The third-order valence-electron chi connectivity index (χ3n) is 4.72. The molecule has 1 atom stereocenters. The molecular weight excluding hydrogens is 343 g/mol. The van der Waals surface area contributed by atoms with Crippen LogP contribution < -0.4 is 4.90 Å². The Morgan fingerprint density at radius 1 is 1.23 bits per heavy atom. The molecule has 1 saturated heterocycles. The van der Waals surface area contributed by atoms with E-state index in [9.17, 15) is 13.2 Å². The van der Waals surface area contributed by atoms with Gasteiger partial charge in [-0.1, -0.05) is 0 Å². The maximum atomic E-state index is 12.7. The summed E-state index contributed by atoms with van der Waals surface area (Å²) in [6, 6.07) is 2.56. The minimum atomic E-state index is -4.35. The Hall–Kier alpha value is -2.09. The van der Waals surface area contributed by atoms with Crippen molar-refractivity contribution in [2.45, 2.75) is 31.5 Å². The number of alkyl halides is 3. The molecule has 0 aromatic carbocycles. The third-order valence-corrected chi connectivity index (χ3v) is 4.72. The van der Waals surface area contributed by atoms with Crippen LogP contribution in [0.2, 0.25) is 0 Å². The standard InChI is InChI=1S/C18H24F3N5/c1-24(2)10-11-25-9-7-22-17(25)14-4-3-8-26(13-14)16-6-5-15(12-23-16)18(19,20)21/h5-7,9,12,14H,3-4,8,10-11,13H2,1-2H3. The summed E-state index contributed by atoms with van der Waals surface area (Å²) in [5.41, 5.74) is -0.714. The number of aromatic nitrogens is 3. The van der Waals surface area contributed by atoms with Gasteiger partial charge in [-0.2, -0.15) is 13.2 Å². The lowest BCUT2D eigenvalue weighted by molar-refractivity contribution is -0.137.